The molecule has 0 spiro atoms. The highest BCUT2D eigenvalue weighted by molar-refractivity contribution is 9.10. The molecule has 0 unspecified atom stereocenters. The van der Waals surface area contributed by atoms with Crippen molar-refractivity contribution in [2.24, 2.45) is 0 Å². The second-order valence-electron chi connectivity index (χ2n) is 3.54. The fourth-order valence-electron chi connectivity index (χ4n) is 1.13. The number of ether oxygens (including phenoxy) is 2. The lowest BCUT2D eigenvalue weighted by molar-refractivity contribution is 0.0537. The van der Waals surface area contributed by atoms with E-state index in [2.05, 4.69) is 20.9 Å². The summed E-state index contributed by atoms with van der Waals surface area (Å²) in [5, 5.41) is 9.12. The van der Waals surface area contributed by atoms with Crippen LogP contribution in [0.4, 0.5) is 0 Å². The first kappa shape index (κ1) is 13.4. The van der Waals surface area contributed by atoms with Gasteiger partial charge in [0.15, 0.2) is 0 Å². The quantitative estimate of drug-likeness (QED) is 0.816. The van der Waals surface area contributed by atoms with Crippen LogP contribution in [0.1, 0.15) is 19.4 Å². The molecule has 0 aliphatic carbocycles. The van der Waals surface area contributed by atoms with Crippen molar-refractivity contribution < 1.29 is 14.6 Å². The predicted molar refractivity (Wildman–Crippen MR) is 64.4 cm³/mol. The first-order valence-corrected chi connectivity index (χ1v) is 5.92. The third-order valence-electron chi connectivity index (χ3n) is 1.84. The van der Waals surface area contributed by atoms with Crippen LogP contribution >= 0.6 is 15.9 Å². The molecule has 1 N–H and O–H groups in total. The first-order chi connectivity index (χ1) is 7.63. The molecular formula is C11H16BrNO3. The average Bonchev–Trinajstić information content (AvgIpc) is 2.25. The topological polar surface area (TPSA) is 51.6 Å². The van der Waals surface area contributed by atoms with Gasteiger partial charge in [-0.25, -0.2) is 4.98 Å². The molecule has 90 valence electrons. The van der Waals surface area contributed by atoms with Crippen molar-refractivity contribution in [3.63, 3.8) is 0 Å². The van der Waals surface area contributed by atoms with Gasteiger partial charge in [0.1, 0.15) is 6.61 Å². The normalized spacial score (nSPS) is 10.8. The fourth-order valence-corrected chi connectivity index (χ4v) is 1.51. The Kier molecular flexibility index (Phi) is 5.73. The monoisotopic (exact) mass is 289 g/mol. The van der Waals surface area contributed by atoms with Gasteiger partial charge in [0.25, 0.3) is 0 Å². The van der Waals surface area contributed by atoms with Gasteiger partial charge in [-0.3, -0.25) is 0 Å². The van der Waals surface area contributed by atoms with Gasteiger partial charge < -0.3 is 14.6 Å². The molecule has 0 aliphatic heterocycles. The zero-order valence-corrected chi connectivity index (χ0v) is 11.0. The lowest BCUT2D eigenvalue weighted by atomic mass is 10.3. The summed E-state index contributed by atoms with van der Waals surface area (Å²) in [6.45, 7) is 4.79. The van der Waals surface area contributed by atoms with Crippen molar-refractivity contribution in [3.05, 3.63) is 22.3 Å². The van der Waals surface area contributed by atoms with Crippen LogP contribution in [0.15, 0.2) is 16.7 Å². The number of aromatic nitrogens is 1. The van der Waals surface area contributed by atoms with Crippen molar-refractivity contribution in [3.8, 4) is 5.88 Å². The Balaban J connectivity index is 2.47. The smallest absolute Gasteiger partial charge is 0.219 e. The maximum atomic E-state index is 9.12. The van der Waals surface area contributed by atoms with Crippen LogP contribution < -0.4 is 4.74 Å². The Morgan fingerprint density at radius 2 is 2.19 bits per heavy atom. The molecule has 1 aromatic heterocycles. The highest BCUT2D eigenvalue weighted by Gasteiger charge is 2.05. The summed E-state index contributed by atoms with van der Waals surface area (Å²) in [7, 11) is 0. The first-order valence-electron chi connectivity index (χ1n) is 5.13. The zero-order chi connectivity index (χ0) is 12.0. The molecule has 0 saturated carbocycles. The van der Waals surface area contributed by atoms with Crippen LogP contribution in [-0.4, -0.2) is 29.4 Å². The van der Waals surface area contributed by atoms with E-state index in [0.29, 0.717) is 24.7 Å². The number of aliphatic hydroxyl groups excluding tert-OH is 1. The van der Waals surface area contributed by atoms with Crippen molar-refractivity contribution in [2.75, 3.05) is 13.2 Å². The number of pyridine rings is 1. The molecule has 0 saturated heterocycles. The Hall–Kier alpha value is -0.650. The molecule has 1 rings (SSSR count). The van der Waals surface area contributed by atoms with Gasteiger partial charge in [0.2, 0.25) is 5.88 Å². The number of nitrogens with zero attached hydrogens (tertiary/aromatic N) is 1. The summed E-state index contributed by atoms with van der Waals surface area (Å²) in [6.07, 6.45) is 1.83. The number of hydrogen-bond acceptors (Lipinski definition) is 4. The van der Waals surface area contributed by atoms with E-state index in [-0.39, 0.29) is 12.7 Å². The molecule has 0 aromatic carbocycles. The van der Waals surface area contributed by atoms with E-state index < -0.39 is 0 Å². The largest absolute Gasteiger partial charge is 0.475 e. The Bertz CT molecular complexity index is 331. The van der Waals surface area contributed by atoms with Gasteiger partial charge in [0.05, 0.1) is 19.3 Å². The number of rotatable bonds is 6. The molecule has 0 aliphatic rings. The van der Waals surface area contributed by atoms with Crippen LogP contribution in [-0.2, 0) is 11.3 Å². The van der Waals surface area contributed by atoms with Gasteiger partial charge in [-0.1, -0.05) is 0 Å². The standard InChI is InChI=1S/C11H16BrNO3/c1-8(2)15-3-4-16-11-9(7-14)5-10(12)6-13-11/h5-6,8,14H,3-4,7H2,1-2H3. The van der Waals surface area contributed by atoms with Crippen LogP contribution in [0.25, 0.3) is 0 Å². The third-order valence-corrected chi connectivity index (χ3v) is 2.27. The molecule has 0 fully saturated rings. The molecule has 0 atom stereocenters. The molecule has 16 heavy (non-hydrogen) atoms. The van der Waals surface area contributed by atoms with Gasteiger partial charge in [-0.2, -0.15) is 0 Å². The lowest BCUT2D eigenvalue weighted by Crippen LogP contribution is -2.12. The summed E-state index contributed by atoms with van der Waals surface area (Å²) >= 11 is 3.28. The Labute approximate surface area is 104 Å². The van der Waals surface area contributed by atoms with Crippen molar-refractivity contribution in [2.45, 2.75) is 26.6 Å². The Morgan fingerprint density at radius 1 is 1.44 bits per heavy atom. The van der Waals surface area contributed by atoms with Crippen molar-refractivity contribution in [1.82, 2.24) is 4.98 Å². The molecule has 0 amide bonds. The van der Waals surface area contributed by atoms with Gasteiger partial charge in [-0.05, 0) is 35.8 Å². The second-order valence-corrected chi connectivity index (χ2v) is 4.46. The number of hydrogen-bond donors (Lipinski definition) is 1. The summed E-state index contributed by atoms with van der Waals surface area (Å²) in [4.78, 5) is 4.08. The van der Waals surface area contributed by atoms with E-state index >= 15 is 0 Å². The molecule has 0 radical (unpaired) electrons. The molecule has 4 nitrogen and oxygen atoms in total. The van der Waals surface area contributed by atoms with E-state index in [1.54, 1.807) is 12.3 Å². The summed E-state index contributed by atoms with van der Waals surface area (Å²) < 4.78 is 11.6. The van der Waals surface area contributed by atoms with Crippen LogP contribution in [0.5, 0.6) is 5.88 Å². The predicted octanol–water partition coefficient (Wildman–Crippen LogP) is 2.14. The van der Waals surface area contributed by atoms with Gasteiger partial charge >= 0.3 is 0 Å². The van der Waals surface area contributed by atoms with E-state index in [0.717, 1.165) is 4.47 Å². The fraction of sp³-hybridized carbons (Fsp3) is 0.545. The maximum absolute atomic E-state index is 9.12. The molecule has 0 bridgehead atoms. The van der Waals surface area contributed by atoms with E-state index in [4.69, 9.17) is 14.6 Å². The van der Waals surface area contributed by atoms with Crippen molar-refractivity contribution in [1.29, 1.82) is 0 Å². The number of halogens is 1. The summed E-state index contributed by atoms with van der Waals surface area (Å²) in [6, 6.07) is 1.78. The highest BCUT2D eigenvalue weighted by Crippen LogP contribution is 2.19. The highest BCUT2D eigenvalue weighted by atomic mass is 79.9. The van der Waals surface area contributed by atoms with Gasteiger partial charge in [0, 0.05) is 16.2 Å². The maximum Gasteiger partial charge on any atom is 0.219 e. The van der Waals surface area contributed by atoms with Crippen LogP contribution in [0.2, 0.25) is 0 Å². The average molecular weight is 290 g/mol. The minimum Gasteiger partial charge on any atom is -0.475 e. The molecular weight excluding hydrogens is 274 g/mol. The van der Waals surface area contributed by atoms with E-state index in [1.165, 1.54) is 0 Å². The molecule has 5 heteroatoms. The van der Waals surface area contributed by atoms with E-state index in [1.807, 2.05) is 13.8 Å². The zero-order valence-electron chi connectivity index (χ0n) is 9.44. The summed E-state index contributed by atoms with van der Waals surface area (Å²) in [5.41, 5.74) is 0.666. The minimum atomic E-state index is -0.0905. The van der Waals surface area contributed by atoms with E-state index in [9.17, 15) is 0 Å². The number of aliphatic hydroxyl groups is 1. The molecule has 1 aromatic rings. The second kappa shape index (κ2) is 6.83. The third kappa shape index (κ3) is 4.47. The summed E-state index contributed by atoms with van der Waals surface area (Å²) in [5.74, 6) is 0.457. The SMILES string of the molecule is CC(C)OCCOc1ncc(Br)cc1CO. The molecule has 1 heterocycles. The van der Waals surface area contributed by atoms with Gasteiger partial charge in [-0.15, -0.1) is 0 Å². The minimum absolute atomic E-state index is 0.0905. The van der Waals surface area contributed by atoms with Crippen LogP contribution in [0.3, 0.4) is 0 Å². The van der Waals surface area contributed by atoms with Crippen molar-refractivity contribution >= 4 is 15.9 Å². The lowest BCUT2D eigenvalue weighted by Gasteiger charge is -2.10. The Morgan fingerprint density at radius 3 is 2.81 bits per heavy atom. The van der Waals surface area contributed by atoms with Crippen LogP contribution in [0, 0.1) is 0 Å².